The van der Waals surface area contributed by atoms with Gasteiger partial charge in [0.1, 0.15) is 5.82 Å². The number of carbonyl (C=O) groups excluding carboxylic acids is 1. The topological polar surface area (TPSA) is 52.7 Å². The van der Waals surface area contributed by atoms with Crippen LogP contribution < -0.4 is 0 Å². The van der Waals surface area contributed by atoms with Crippen molar-refractivity contribution in [2.45, 2.75) is 6.54 Å². The summed E-state index contributed by atoms with van der Waals surface area (Å²) in [5, 5.41) is 4.11. The lowest BCUT2D eigenvalue weighted by Crippen LogP contribution is -2.01. The second-order valence-corrected chi connectivity index (χ2v) is 5.85. The van der Waals surface area contributed by atoms with E-state index < -0.39 is 0 Å². The molecule has 123 valence electrons. The molecular weight excluding hydrogens is 319 g/mol. The first-order chi connectivity index (χ1) is 12.2. The summed E-state index contributed by atoms with van der Waals surface area (Å²) in [6, 6.07) is 8.76. The molecule has 0 aliphatic heterocycles. The van der Waals surface area contributed by atoms with Crippen LogP contribution in [0.15, 0.2) is 55.1 Å². The van der Waals surface area contributed by atoms with Crippen molar-refractivity contribution in [3.8, 4) is 11.1 Å². The van der Waals surface area contributed by atoms with E-state index in [1.807, 2.05) is 36.2 Å². The Morgan fingerprint density at radius 1 is 1.20 bits per heavy atom. The number of hydrogen-bond acceptors (Lipinski definition) is 3. The van der Waals surface area contributed by atoms with Crippen LogP contribution in [0, 0.1) is 5.82 Å². The number of halogens is 1. The molecule has 0 aliphatic carbocycles. The van der Waals surface area contributed by atoms with Gasteiger partial charge in [0.2, 0.25) is 6.29 Å². The van der Waals surface area contributed by atoms with Gasteiger partial charge in [-0.2, -0.15) is 5.10 Å². The quantitative estimate of drug-likeness (QED) is 0.577. The molecule has 0 fully saturated rings. The van der Waals surface area contributed by atoms with E-state index in [1.165, 1.54) is 6.07 Å². The van der Waals surface area contributed by atoms with Gasteiger partial charge in [0.25, 0.3) is 0 Å². The van der Waals surface area contributed by atoms with Crippen molar-refractivity contribution in [1.29, 1.82) is 0 Å². The maximum absolute atomic E-state index is 14.6. The first kappa shape index (κ1) is 15.3. The highest BCUT2D eigenvalue weighted by Gasteiger charge is 2.12. The first-order valence-electron chi connectivity index (χ1n) is 7.75. The van der Waals surface area contributed by atoms with Gasteiger partial charge >= 0.3 is 0 Å². The summed E-state index contributed by atoms with van der Waals surface area (Å²) in [5.74, 6) is -0.302. The van der Waals surface area contributed by atoms with E-state index in [1.54, 1.807) is 35.4 Å². The number of rotatable bonds is 4. The van der Waals surface area contributed by atoms with E-state index in [2.05, 4.69) is 10.1 Å². The van der Waals surface area contributed by atoms with Crippen molar-refractivity contribution in [2.24, 2.45) is 7.05 Å². The van der Waals surface area contributed by atoms with Crippen LogP contribution in [0.25, 0.3) is 22.2 Å². The number of fused-ring (bicyclic) bond motifs is 1. The number of aryl methyl sites for hydroxylation is 1. The fourth-order valence-electron chi connectivity index (χ4n) is 2.94. The van der Waals surface area contributed by atoms with E-state index in [9.17, 15) is 9.18 Å². The van der Waals surface area contributed by atoms with Crippen LogP contribution in [0.2, 0.25) is 0 Å². The number of pyridine rings is 1. The van der Waals surface area contributed by atoms with Crippen LogP contribution in [0.1, 0.15) is 11.1 Å². The Balaban J connectivity index is 1.71. The van der Waals surface area contributed by atoms with Crippen molar-refractivity contribution in [3.05, 3.63) is 72.1 Å². The van der Waals surface area contributed by atoms with Crippen LogP contribution >= 0.6 is 0 Å². The molecule has 0 atom stereocenters. The summed E-state index contributed by atoms with van der Waals surface area (Å²) in [4.78, 5) is 15.3. The Hall–Kier alpha value is -3.28. The lowest BCUT2D eigenvalue weighted by atomic mass is 10.1. The van der Waals surface area contributed by atoms with Gasteiger partial charge in [-0.1, -0.05) is 12.1 Å². The maximum Gasteiger partial charge on any atom is 0.237 e. The fourth-order valence-corrected chi connectivity index (χ4v) is 2.94. The van der Waals surface area contributed by atoms with Gasteiger partial charge < -0.3 is 4.57 Å². The minimum absolute atomic E-state index is 0.302. The molecule has 4 aromatic rings. The van der Waals surface area contributed by atoms with Gasteiger partial charge in [-0.25, -0.2) is 4.39 Å². The molecule has 3 aromatic heterocycles. The highest BCUT2D eigenvalue weighted by atomic mass is 19.1. The predicted octanol–water partition coefficient (Wildman–Crippen LogP) is 3.08. The van der Waals surface area contributed by atoms with Gasteiger partial charge in [0.05, 0.1) is 29.3 Å². The molecule has 0 bridgehead atoms. The second-order valence-electron chi connectivity index (χ2n) is 5.85. The van der Waals surface area contributed by atoms with Crippen LogP contribution in [0.3, 0.4) is 0 Å². The predicted molar refractivity (Wildman–Crippen MR) is 92.2 cm³/mol. The zero-order valence-electron chi connectivity index (χ0n) is 13.5. The molecule has 1 aromatic carbocycles. The molecule has 0 spiro atoms. The monoisotopic (exact) mass is 333 g/mol. The van der Waals surface area contributed by atoms with E-state index >= 15 is 0 Å². The molecule has 4 rings (SSSR count). The summed E-state index contributed by atoms with van der Waals surface area (Å²) in [7, 11) is 1.82. The first-order valence-corrected chi connectivity index (χ1v) is 7.75. The minimum atomic E-state index is -0.302. The molecule has 0 amide bonds. The average Bonchev–Trinajstić information content (AvgIpc) is 3.21. The van der Waals surface area contributed by atoms with Crippen molar-refractivity contribution in [1.82, 2.24) is 19.3 Å². The fraction of sp³-hybridized carbons (Fsp3) is 0.105. The molecule has 0 saturated carbocycles. The molecular formula is C19H14FN4O. The van der Waals surface area contributed by atoms with Crippen molar-refractivity contribution in [2.75, 3.05) is 0 Å². The Morgan fingerprint density at radius 2 is 2.08 bits per heavy atom. The summed E-state index contributed by atoms with van der Waals surface area (Å²) in [6.45, 7) is 0.309. The van der Waals surface area contributed by atoms with Crippen LogP contribution in [-0.4, -0.2) is 25.6 Å². The normalized spacial score (nSPS) is 11.1. The molecule has 0 aliphatic rings. The summed E-state index contributed by atoms with van der Waals surface area (Å²) >= 11 is 0. The summed E-state index contributed by atoms with van der Waals surface area (Å²) < 4.78 is 18.1. The highest BCUT2D eigenvalue weighted by Crippen LogP contribution is 2.24. The van der Waals surface area contributed by atoms with Crippen LogP contribution in [-0.2, 0) is 18.4 Å². The standard InChI is InChI=1S/C19H14FN4O/c1-23-9-15(8-22-23)13-4-5-14(17(20)7-13)10-24-11-16(12-25)19-18(24)3-2-6-21-19/h2-9,11H,10H2,1H3. The number of benzene rings is 1. The van der Waals surface area contributed by atoms with Crippen molar-refractivity contribution >= 4 is 17.3 Å². The summed E-state index contributed by atoms with van der Waals surface area (Å²) in [6.07, 6.45) is 8.70. The lowest BCUT2D eigenvalue weighted by molar-refractivity contribution is 0.563. The largest absolute Gasteiger partial charge is 0.341 e. The Bertz CT molecular complexity index is 1080. The zero-order chi connectivity index (χ0) is 17.4. The van der Waals surface area contributed by atoms with Crippen molar-refractivity contribution in [3.63, 3.8) is 0 Å². The number of hydrogen-bond donors (Lipinski definition) is 0. The van der Waals surface area contributed by atoms with E-state index in [0.717, 1.165) is 16.6 Å². The second kappa shape index (κ2) is 5.98. The SMILES string of the molecule is Cn1cc(-c2ccc(Cn3cc([C]=O)c4ncccc43)c(F)c2)cn1. The van der Waals surface area contributed by atoms with E-state index in [4.69, 9.17) is 0 Å². The third kappa shape index (κ3) is 2.71. The average molecular weight is 333 g/mol. The molecule has 6 heteroatoms. The number of aromatic nitrogens is 4. The van der Waals surface area contributed by atoms with Gasteiger partial charge in [0, 0.05) is 36.8 Å². The molecule has 0 unspecified atom stereocenters. The van der Waals surface area contributed by atoms with Crippen molar-refractivity contribution < 1.29 is 9.18 Å². The zero-order valence-corrected chi connectivity index (χ0v) is 13.5. The Kier molecular flexibility index (Phi) is 3.65. The third-order valence-electron chi connectivity index (χ3n) is 4.18. The van der Waals surface area contributed by atoms with Crippen LogP contribution in [0.5, 0.6) is 0 Å². The minimum Gasteiger partial charge on any atom is -0.341 e. The van der Waals surface area contributed by atoms with Gasteiger partial charge in [-0.3, -0.25) is 14.5 Å². The molecule has 3 heterocycles. The summed E-state index contributed by atoms with van der Waals surface area (Å²) in [5.41, 5.74) is 3.90. The molecule has 0 N–H and O–H groups in total. The highest BCUT2D eigenvalue weighted by molar-refractivity contribution is 5.95. The van der Waals surface area contributed by atoms with Crippen LogP contribution in [0.4, 0.5) is 4.39 Å². The molecule has 0 saturated heterocycles. The van der Waals surface area contributed by atoms with E-state index in [0.29, 0.717) is 23.2 Å². The number of nitrogens with zero attached hydrogens (tertiary/aromatic N) is 4. The van der Waals surface area contributed by atoms with E-state index in [-0.39, 0.29) is 5.82 Å². The third-order valence-corrected chi connectivity index (χ3v) is 4.18. The Labute approximate surface area is 143 Å². The van der Waals surface area contributed by atoms with Gasteiger partial charge in [-0.05, 0) is 23.8 Å². The molecule has 25 heavy (non-hydrogen) atoms. The molecule has 5 nitrogen and oxygen atoms in total. The van der Waals surface area contributed by atoms with Gasteiger partial charge in [0.15, 0.2) is 0 Å². The maximum atomic E-state index is 14.6. The smallest absolute Gasteiger partial charge is 0.237 e. The molecule has 1 radical (unpaired) electrons. The van der Waals surface area contributed by atoms with Gasteiger partial charge in [-0.15, -0.1) is 0 Å². The lowest BCUT2D eigenvalue weighted by Gasteiger charge is -2.08. The Morgan fingerprint density at radius 3 is 2.80 bits per heavy atom.